The van der Waals surface area contributed by atoms with Crippen LogP contribution in [0.5, 0.6) is 5.75 Å². The zero-order chi connectivity index (χ0) is 12.3. The van der Waals surface area contributed by atoms with Gasteiger partial charge >= 0.3 is 0 Å². The number of pyridine rings is 1. The van der Waals surface area contributed by atoms with Crippen LogP contribution in [0.15, 0.2) is 42.7 Å². The molecule has 0 saturated carbocycles. The minimum Gasteiger partial charge on any atom is -0.508 e. The van der Waals surface area contributed by atoms with Crippen molar-refractivity contribution in [1.82, 2.24) is 4.98 Å². The van der Waals surface area contributed by atoms with Crippen LogP contribution in [0.25, 0.3) is 0 Å². The molecule has 0 saturated heterocycles. The standard InChI is InChI=1S/C13H13ClN2O/c1-9(10-4-2-3-5-13(10)17)16-12-8-15-7-6-11(12)14/h2-9,16-17H,1H3. The second kappa shape index (κ2) is 5.06. The third-order valence-electron chi connectivity index (χ3n) is 2.54. The molecule has 0 aliphatic carbocycles. The number of aromatic hydroxyl groups is 1. The van der Waals surface area contributed by atoms with Gasteiger partial charge in [0, 0.05) is 11.8 Å². The fraction of sp³-hybridized carbons (Fsp3) is 0.154. The summed E-state index contributed by atoms with van der Waals surface area (Å²) in [5.41, 5.74) is 1.58. The van der Waals surface area contributed by atoms with E-state index in [2.05, 4.69) is 10.3 Å². The minimum absolute atomic E-state index is 0.0436. The number of rotatable bonds is 3. The van der Waals surface area contributed by atoms with Crippen molar-refractivity contribution in [2.24, 2.45) is 0 Å². The second-order valence-corrected chi connectivity index (χ2v) is 4.19. The highest BCUT2D eigenvalue weighted by atomic mass is 35.5. The summed E-state index contributed by atoms with van der Waals surface area (Å²) in [6.07, 6.45) is 3.30. The van der Waals surface area contributed by atoms with Crippen molar-refractivity contribution in [3.05, 3.63) is 53.3 Å². The maximum absolute atomic E-state index is 9.74. The van der Waals surface area contributed by atoms with Gasteiger partial charge in [0.05, 0.1) is 22.9 Å². The normalized spacial score (nSPS) is 12.1. The van der Waals surface area contributed by atoms with E-state index < -0.39 is 0 Å². The van der Waals surface area contributed by atoms with E-state index in [4.69, 9.17) is 11.6 Å². The molecule has 17 heavy (non-hydrogen) atoms. The van der Waals surface area contributed by atoms with Gasteiger partial charge in [-0.2, -0.15) is 0 Å². The first-order chi connectivity index (χ1) is 8.18. The smallest absolute Gasteiger partial charge is 0.120 e. The summed E-state index contributed by atoms with van der Waals surface area (Å²) in [6.45, 7) is 1.96. The van der Waals surface area contributed by atoms with Crippen LogP contribution in [0.1, 0.15) is 18.5 Å². The number of halogens is 1. The summed E-state index contributed by atoms with van der Waals surface area (Å²) in [5.74, 6) is 0.271. The Hall–Kier alpha value is -1.74. The number of phenols is 1. The Morgan fingerprint density at radius 2 is 2.06 bits per heavy atom. The summed E-state index contributed by atoms with van der Waals surface area (Å²) < 4.78 is 0. The largest absolute Gasteiger partial charge is 0.508 e. The van der Waals surface area contributed by atoms with Crippen molar-refractivity contribution in [2.45, 2.75) is 13.0 Å². The van der Waals surface area contributed by atoms with E-state index in [0.29, 0.717) is 5.02 Å². The molecule has 1 aromatic carbocycles. The summed E-state index contributed by atoms with van der Waals surface area (Å²) in [7, 11) is 0. The van der Waals surface area contributed by atoms with Gasteiger partial charge in [-0.25, -0.2) is 0 Å². The Morgan fingerprint density at radius 3 is 2.76 bits per heavy atom. The maximum Gasteiger partial charge on any atom is 0.120 e. The Bertz CT molecular complexity index is 516. The van der Waals surface area contributed by atoms with Crippen LogP contribution >= 0.6 is 11.6 Å². The molecular weight excluding hydrogens is 236 g/mol. The zero-order valence-corrected chi connectivity index (χ0v) is 10.1. The molecule has 0 amide bonds. The van der Waals surface area contributed by atoms with E-state index in [1.807, 2.05) is 19.1 Å². The number of benzene rings is 1. The van der Waals surface area contributed by atoms with Crippen LogP contribution in [-0.4, -0.2) is 10.1 Å². The highest BCUT2D eigenvalue weighted by Crippen LogP contribution is 2.28. The molecule has 1 heterocycles. The van der Waals surface area contributed by atoms with Gasteiger partial charge in [0.15, 0.2) is 0 Å². The lowest BCUT2D eigenvalue weighted by molar-refractivity contribution is 0.465. The predicted octanol–water partition coefficient (Wildman–Crippen LogP) is 3.61. The van der Waals surface area contributed by atoms with Crippen molar-refractivity contribution < 1.29 is 5.11 Å². The molecule has 88 valence electrons. The first-order valence-electron chi connectivity index (χ1n) is 5.32. The number of nitrogens with zero attached hydrogens (tertiary/aromatic N) is 1. The van der Waals surface area contributed by atoms with Gasteiger partial charge in [-0.05, 0) is 19.1 Å². The molecule has 0 spiro atoms. The van der Waals surface area contributed by atoms with Crippen LogP contribution in [0.3, 0.4) is 0 Å². The van der Waals surface area contributed by atoms with Gasteiger partial charge in [0.25, 0.3) is 0 Å². The molecule has 3 nitrogen and oxygen atoms in total. The molecule has 1 unspecified atom stereocenters. The Kier molecular flexibility index (Phi) is 3.49. The molecule has 1 atom stereocenters. The van der Waals surface area contributed by atoms with Crippen LogP contribution in [0.2, 0.25) is 5.02 Å². The molecule has 0 bridgehead atoms. The summed E-state index contributed by atoms with van der Waals surface area (Å²) in [4.78, 5) is 4.01. The fourth-order valence-electron chi connectivity index (χ4n) is 1.65. The van der Waals surface area contributed by atoms with Gasteiger partial charge in [-0.15, -0.1) is 0 Å². The van der Waals surface area contributed by atoms with Crippen LogP contribution in [-0.2, 0) is 0 Å². The summed E-state index contributed by atoms with van der Waals surface area (Å²) in [5, 5.41) is 13.6. The predicted molar refractivity (Wildman–Crippen MR) is 69.4 cm³/mol. The van der Waals surface area contributed by atoms with E-state index in [1.54, 1.807) is 30.6 Å². The van der Waals surface area contributed by atoms with E-state index >= 15 is 0 Å². The Labute approximate surface area is 105 Å². The van der Waals surface area contributed by atoms with Gasteiger partial charge in [-0.1, -0.05) is 29.8 Å². The van der Waals surface area contributed by atoms with Gasteiger partial charge in [0.1, 0.15) is 5.75 Å². The number of aromatic nitrogens is 1. The lowest BCUT2D eigenvalue weighted by Gasteiger charge is -2.17. The molecule has 4 heteroatoms. The Morgan fingerprint density at radius 1 is 1.29 bits per heavy atom. The summed E-state index contributed by atoms with van der Waals surface area (Å²) >= 11 is 6.03. The molecule has 0 fully saturated rings. The highest BCUT2D eigenvalue weighted by molar-refractivity contribution is 6.33. The number of para-hydroxylation sites is 1. The maximum atomic E-state index is 9.74. The van der Waals surface area contributed by atoms with E-state index in [0.717, 1.165) is 11.3 Å². The van der Waals surface area contributed by atoms with E-state index in [1.165, 1.54) is 0 Å². The number of phenolic OH excluding ortho intramolecular Hbond substituents is 1. The van der Waals surface area contributed by atoms with Gasteiger partial charge in [-0.3, -0.25) is 4.98 Å². The molecule has 2 N–H and O–H groups in total. The monoisotopic (exact) mass is 248 g/mol. The molecular formula is C13H13ClN2O. The molecule has 0 aliphatic heterocycles. The zero-order valence-electron chi connectivity index (χ0n) is 9.39. The molecule has 0 aliphatic rings. The number of hydrogen-bond acceptors (Lipinski definition) is 3. The molecule has 0 radical (unpaired) electrons. The van der Waals surface area contributed by atoms with Crippen molar-refractivity contribution in [1.29, 1.82) is 0 Å². The van der Waals surface area contributed by atoms with Crippen LogP contribution in [0, 0.1) is 0 Å². The number of anilines is 1. The van der Waals surface area contributed by atoms with E-state index in [-0.39, 0.29) is 11.8 Å². The van der Waals surface area contributed by atoms with Gasteiger partial charge < -0.3 is 10.4 Å². The minimum atomic E-state index is -0.0436. The van der Waals surface area contributed by atoms with E-state index in [9.17, 15) is 5.11 Å². The highest BCUT2D eigenvalue weighted by Gasteiger charge is 2.10. The second-order valence-electron chi connectivity index (χ2n) is 3.78. The lowest BCUT2D eigenvalue weighted by Crippen LogP contribution is -2.07. The first kappa shape index (κ1) is 11.7. The summed E-state index contributed by atoms with van der Waals surface area (Å²) in [6, 6.07) is 8.90. The van der Waals surface area contributed by atoms with Crippen molar-refractivity contribution in [3.8, 4) is 5.75 Å². The lowest BCUT2D eigenvalue weighted by atomic mass is 10.1. The quantitative estimate of drug-likeness (QED) is 0.872. The topological polar surface area (TPSA) is 45.2 Å². The molecule has 1 aromatic heterocycles. The molecule has 2 aromatic rings. The first-order valence-corrected chi connectivity index (χ1v) is 5.70. The average molecular weight is 249 g/mol. The van der Waals surface area contributed by atoms with Gasteiger partial charge in [0.2, 0.25) is 0 Å². The third kappa shape index (κ3) is 2.68. The van der Waals surface area contributed by atoms with Crippen LogP contribution in [0.4, 0.5) is 5.69 Å². The third-order valence-corrected chi connectivity index (χ3v) is 2.87. The van der Waals surface area contributed by atoms with Crippen molar-refractivity contribution in [2.75, 3.05) is 5.32 Å². The Balaban J connectivity index is 2.20. The van der Waals surface area contributed by atoms with Crippen LogP contribution < -0.4 is 5.32 Å². The SMILES string of the molecule is CC(Nc1cnccc1Cl)c1ccccc1O. The molecule has 2 rings (SSSR count). The fourth-order valence-corrected chi connectivity index (χ4v) is 1.81. The number of hydrogen-bond donors (Lipinski definition) is 2. The average Bonchev–Trinajstić information content (AvgIpc) is 2.32. The number of nitrogens with one attached hydrogen (secondary N) is 1. The van der Waals surface area contributed by atoms with Crippen molar-refractivity contribution >= 4 is 17.3 Å². The van der Waals surface area contributed by atoms with Crippen molar-refractivity contribution in [3.63, 3.8) is 0 Å².